The van der Waals surface area contributed by atoms with Crippen molar-refractivity contribution in [2.45, 2.75) is 52.1 Å². The van der Waals surface area contributed by atoms with E-state index in [4.69, 9.17) is 0 Å². The van der Waals surface area contributed by atoms with Crippen LogP contribution < -0.4 is 16.2 Å². The second kappa shape index (κ2) is 5.86. The van der Waals surface area contributed by atoms with Gasteiger partial charge in [0.25, 0.3) is 11.5 Å². The first-order chi connectivity index (χ1) is 12.4. The summed E-state index contributed by atoms with van der Waals surface area (Å²) in [5, 5.41) is 20.3. The molecule has 1 aliphatic heterocycles. The first kappa shape index (κ1) is 16.6. The molecule has 2 aliphatic rings. The van der Waals surface area contributed by atoms with Crippen molar-refractivity contribution in [1.82, 2.24) is 19.5 Å². The predicted octanol–water partition coefficient (Wildman–Crippen LogP) is 0.634. The number of aryl methyl sites for hydroxylation is 1. The van der Waals surface area contributed by atoms with Crippen LogP contribution in [0.2, 0.25) is 0 Å². The molecule has 0 aromatic carbocycles. The normalized spacial score (nSPS) is 16.7. The van der Waals surface area contributed by atoms with Gasteiger partial charge in [0.1, 0.15) is 5.65 Å². The molecule has 1 fully saturated rings. The number of nitrogens with one attached hydrogen (secondary N) is 2. The number of fused-ring (bicyclic) bond motifs is 3. The lowest BCUT2D eigenvalue weighted by molar-refractivity contribution is -0.116. The Labute approximate surface area is 149 Å². The van der Waals surface area contributed by atoms with Crippen LogP contribution in [0.4, 0.5) is 5.82 Å². The maximum atomic E-state index is 13.0. The van der Waals surface area contributed by atoms with Crippen molar-refractivity contribution in [1.29, 1.82) is 0 Å². The highest BCUT2D eigenvalue weighted by molar-refractivity contribution is 5.97. The van der Waals surface area contributed by atoms with Crippen molar-refractivity contribution in [3.63, 3.8) is 0 Å². The second-order valence-corrected chi connectivity index (χ2v) is 7.37. The molecule has 0 unspecified atom stereocenters. The summed E-state index contributed by atoms with van der Waals surface area (Å²) in [5.74, 6) is -0.777. The third-order valence-electron chi connectivity index (χ3n) is 4.64. The Hall–Kier alpha value is -2.84. The maximum absolute atomic E-state index is 13.0. The zero-order valence-corrected chi connectivity index (χ0v) is 14.7. The van der Waals surface area contributed by atoms with Crippen molar-refractivity contribution in [3.8, 4) is 5.88 Å². The number of anilines is 1. The van der Waals surface area contributed by atoms with Gasteiger partial charge in [-0.3, -0.25) is 19.0 Å². The highest BCUT2D eigenvalue weighted by Crippen LogP contribution is 2.29. The zero-order valence-electron chi connectivity index (χ0n) is 14.7. The minimum atomic E-state index is -0.591. The Morgan fingerprint density at radius 3 is 2.73 bits per heavy atom. The summed E-state index contributed by atoms with van der Waals surface area (Å²) in [6, 6.07) is 0.0562. The van der Waals surface area contributed by atoms with E-state index < -0.39 is 17.3 Å². The Morgan fingerprint density at radius 2 is 2.08 bits per heavy atom. The fourth-order valence-electron chi connectivity index (χ4n) is 3.28. The maximum Gasteiger partial charge on any atom is 0.270 e. The van der Waals surface area contributed by atoms with Crippen molar-refractivity contribution < 1.29 is 14.7 Å². The molecule has 0 bridgehead atoms. The number of aromatic nitrogens is 3. The molecular weight excluding hydrogens is 338 g/mol. The molecule has 138 valence electrons. The third kappa shape index (κ3) is 2.63. The average Bonchev–Trinajstić information content (AvgIpc) is 3.29. The predicted molar refractivity (Wildman–Crippen MR) is 93.4 cm³/mol. The molecule has 3 N–H and O–H groups in total. The number of carbonyl (C=O) groups is 2. The van der Waals surface area contributed by atoms with Crippen LogP contribution in [0.25, 0.3) is 5.65 Å². The van der Waals surface area contributed by atoms with E-state index in [0.29, 0.717) is 30.0 Å². The van der Waals surface area contributed by atoms with Gasteiger partial charge in [0.15, 0.2) is 11.4 Å². The van der Waals surface area contributed by atoms with Gasteiger partial charge in [0, 0.05) is 24.6 Å². The number of hydrogen-bond donors (Lipinski definition) is 3. The molecule has 26 heavy (non-hydrogen) atoms. The highest BCUT2D eigenvalue weighted by Gasteiger charge is 2.32. The van der Waals surface area contributed by atoms with Crippen LogP contribution in [0.1, 0.15) is 49.0 Å². The summed E-state index contributed by atoms with van der Waals surface area (Å²) in [6.07, 6.45) is 2.46. The molecule has 2 aromatic rings. The van der Waals surface area contributed by atoms with Crippen molar-refractivity contribution in [3.05, 3.63) is 21.5 Å². The van der Waals surface area contributed by atoms with Gasteiger partial charge in [-0.15, -0.1) is 5.10 Å². The van der Waals surface area contributed by atoms with Crippen LogP contribution in [0.3, 0.4) is 0 Å². The molecule has 0 radical (unpaired) electrons. The van der Waals surface area contributed by atoms with E-state index in [1.165, 1.54) is 9.08 Å². The number of amides is 2. The van der Waals surface area contributed by atoms with Gasteiger partial charge in [0.05, 0.1) is 0 Å². The summed E-state index contributed by atoms with van der Waals surface area (Å²) in [4.78, 5) is 37.2. The lowest BCUT2D eigenvalue weighted by Gasteiger charge is -2.16. The molecule has 3 heterocycles. The fraction of sp³-hybridized carbons (Fsp3) is 0.529. The molecule has 2 amide bonds. The fourth-order valence-corrected chi connectivity index (χ4v) is 3.28. The van der Waals surface area contributed by atoms with E-state index in [-0.39, 0.29) is 29.9 Å². The number of carbonyl (C=O) groups excluding carboxylic acids is 2. The van der Waals surface area contributed by atoms with Crippen molar-refractivity contribution >= 4 is 23.3 Å². The lowest BCUT2D eigenvalue weighted by atomic mass is 10.1. The standard InChI is InChI=1S/C17H21N5O4/c1-8(2)7-21-15-10-5-6-11(23)19-13(10)20-22(15)17(26)12(16(21)25)14(24)18-9-3-4-9/h8-9,26H,3-7H2,1-2H3,(H,18,24)(H,19,20,23). The Kier molecular flexibility index (Phi) is 3.74. The minimum Gasteiger partial charge on any atom is -0.492 e. The van der Waals surface area contributed by atoms with Gasteiger partial charge < -0.3 is 15.7 Å². The number of hydrogen-bond acceptors (Lipinski definition) is 5. The van der Waals surface area contributed by atoms with Crippen LogP contribution in [0, 0.1) is 5.92 Å². The smallest absolute Gasteiger partial charge is 0.270 e. The van der Waals surface area contributed by atoms with Gasteiger partial charge >= 0.3 is 0 Å². The molecule has 1 aliphatic carbocycles. The number of nitrogens with zero attached hydrogens (tertiary/aromatic N) is 3. The molecule has 4 rings (SSSR count). The molecule has 9 nitrogen and oxygen atoms in total. The number of aromatic hydroxyl groups is 1. The van der Waals surface area contributed by atoms with Gasteiger partial charge in [-0.2, -0.15) is 4.52 Å². The first-order valence-corrected chi connectivity index (χ1v) is 8.85. The SMILES string of the molecule is CC(C)Cn1c(=O)c(C(=O)NC2CC2)c(O)n2nc3c(c12)CCC(=O)N3. The van der Waals surface area contributed by atoms with Crippen LogP contribution in [-0.4, -0.2) is 37.1 Å². The zero-order chi connectivity index (χ0) is 18.6. The Balaban J connectivity index is 1.97. The van der Waals surface area contributed by atoms with Gasteiger partial charge in [0.2, 0.25) is 11.8 Å². The van der Waals surface area contributed by atoms with Crippen molar-refractivity contribution in [2.75, 3.05) is 5.32 Å². The monoisotopic (exact) mass is 359 g/mol. The van der Waals surface area contributed by atoms with Crippen LogP contribution in [0.15, 0.2) is 4.79 Å². The average molecular weight is 359 g/mol. The minimum absolute atomic E-state index is 0.0562. The molecule has 0 spiro atoms. The van der Waals surface area contributed by atoms with Gasteiger partial charge in [-0.1, -0.05) is 13.8 Å². The number of rotatable bonds is 4. The van der Waals surface area contributed by atoms with Crippen LogP contribution in [0.5, 0.6) is 5.88 Å². The summed E-state index contributed by atoms with van der Waals surface area (Å²) < 4.78 is 2.68. The largest absolute Gasteiger partial charge is 0.492 e. The van der Waals surface area contributed by atoms with E-state index in [1.54, 1.807) is 0 Å². The Morgan fingerprint density at radius 1 is 1.35 bits per heavy atom. The third-order valence-corrected chi connectivity index (χ3v) is 4.64. The molecule has 1 saturated carbocycles. The van der Waals surface area contributed by atoms with Crippen LogP contribution >= 0.6 is 0 Å². The van der Waals surface area contributed by atoms with Gasteiger partial charge in [-0.05, 0) is 25.2 Å². The van der Waals surface area contributed by atoms with Gasteiger partial charge in [-0.25, -0.2) is 0 Å². The van der Waals surface area contributed by atoms with E-state index in [0.717, 1.165) is 12.8 Å². The molecule has 9 heteroatoms. The molecular formula is C17H21N5O4. The topological polar surface area (TPSA) is 118 Å². The summed E-state index contributed by atoms with van der Waals surface area (Å²) in [7, 11) is 0. The first-order valence-electron chi connectivity index (χ1n) is 8.85. The Bertz CT molecular complexity index is 983. The molecule has 0 atom stereocenters. The second-order valence-electron chi connectivity index (χ2n) is 7.37. The summed E-state index contributed by atoms with van der Waals surface area (Å²) in [6.45, 7) is 4.30. The van der Waals surface area contributed by atoms with E-state index in [2.05, 4.69) is 15.7 Å². The van der Waals surface area contributed by atoms with Crippen molar-refractivity contribution in [2.24, 2.45) is 5.92 Å². The highest BCUT2D eigenvalue weighted by atomic mass is 16.3. The summed E-state index contributed by atoms with van der Waals surface area (Å²) in [5.41, 5.74) is 0.281. The van der Waals surface area contributed by atoms with E-state index >= 15 is 0 Å². The van der Waals surface area contributed by atoms with E-state index in [1.807, 2.05) is 13.8 Å². The van der Waals surface area contributed by atoms with Crippen LogP contribution in [-0.2, 0) is 17.8 Å². The molecule has 2 aromatic heterocycles. The molecule has 0 saturated heterocycles. The lowest BCUT2D eigenvalue weighted by Crippen LogP contribution is -2.36. The quantitative estimate of drug-likeness (QED) is 0.740. The van der Waals surface area contributed by atoms with E-state index in [9.17, 15) is 19.5 Å². The summed E-state index contributed by atoms with van der Waals surface area (Å²) >= 11 is 0.